The number of benzene rings is 3. The van der Waals surface area contributed by atoms with E-state index in [4.69, 9.17) is 10.5 Å². The molecule has 0 radical (unpaired) electrons. The van der Waals surface area contributed by atoms with Gasteiger partial charge in [-0.15, -0.1) is 0 Å². The second-order valence-corrected chi connectivity index (χ2v) is 4.10. The van der Waals surface area contributed by atoms with Crippen LogP contribution in [0.15, 0.2) is 48.5 Å². The standard InChI is InChI=1S/C15H13NO/c1-17-12-6-7-14-11(9-12)8-10-4-2-3-5-13(10)15(14)16/h2-9H,16H2,1H3. The molecule has 3 aromatic carbocycles. The van der Waals surface area contributed by atoms with Crippen LogP contribution in [0.2, 0.25) is 0 Å². The quantitative estimate of drug-likeness (QED) is 0.505. The van der Waals surface area contributed by atoms with Gasteiger partial charge in [-0.2, -0.15) is 0 Å². The Labute approximate surface area is 99.6 Å². The average molecular weight is 223 g/mol. The molecule has 3 rings (SSSR count). The van der Waals surface area contributed by atoms with Crippen LogP contribution in [0.25, 0.3) is 21.5 Å². The van der Waals surface area contributed by atoms with Crippen molar-refractivity contribution in [1.29, 1.82) is 0 Å². The summed E-state index contributed by atoms with van der Waals surface area (Å²) in [6, 6.07) is 16.3. The zero-order valence-electron chi connectivity index (χ0n) is 9.60. The van der Waals surface area contributed by atoms with Gasteiger partial charge >= 0.3 is 0 Å². The van der Waals surface area contributed by atoms with Gasteiger partial charge in [0.25, 0.3) is 0 Å². The molecule has 2 nitrogen and oxygen atoms in total. The van der Waals surface area contributed by atoms with Crippen molar-refractivity contribution in [2.45, 2.75) is 0 Å². The number of nitrogen functional groups attached to an aromatic ring is 1. The molecule has 0 aliphatic carbocycles. The van der Waals surface area contributed by atoms with Crippen LogP contribution in [0.1, 0.15) is 0 Å². The molecule has 2 heteroatoms. The van der Waals surface area contributed by atoms with Gasteiger partial charge in [0, 0.05) is 16.5 Å². The fourth-order valence-electron chi connectivity index (χ4n) is 2.21. The fraction of sp³-hybridized carbons (Fsp3) is 0.0667. The smallest absolute Gasteiger partial charge is 0.119 e. The van der Waals surface area contributed by atoms with Crippen molar-refractivity contribution < 1.29 is 4.74 Å². The first-order valence-electron chi connectivity index (χ1n) is 5.54. The van der Waals surface area contributed by atoms with E-state index < -0.39 is 0 Å². The monoisotopic (exact) mass is 223 g/mol. The molecule has 0 atom stereocenters. The zero-order chi connectivity index (χ0) is 11.8. The van der Waals surface area contributed by atoms with E-state index in [1.54, 1.807) is 7.11 Å². The van der Waals surface area contributed by atoms with Crippen molar-refractivity contribution >= 4 is 27.2 Å². The summed E-state index contributed by atoms with van der Waals surface area (Å²) >= 11 is 0. The first-order valence-corrected chi connectivity index (χ1v) is 5.54. The Balaban J connectivity index is 2.45. The highest BCUT2D eigenvalue weighted by atomic mass is 16.5. The highest BCUT2D eigenvalue weighted by molar-refractivity contribution is 6.10. The molecule has 2 N–H and O–H groups in total. The molecule has 0 saturated carbocycles. The highest BCUT2D eigenvalue weighted by Gasteiger charge is 2.04. The predicted octanol–water partition coefficient (Wildman–Crippen LogP) is 3.58. The minimum absolute atomic E-state index is 0.834. The third-order valence-corrected chi connectivity index (χ3v) is 3.11. The Hall–Kier alpha value is -2.22. The molecule has 84 valence electrons. The van der Waals surface area contributed by atoms with E-state index in [0.29, 0.717) is 0 Å². The van der Waals surface area contributed by atoms with Crippen LogP contribution in [0.3, 0.4) is 0 Å². The lowest BCUT2D eigenvalue weighted by Gasteiger charge is -2.08. The Morgan fingerprint density at radius 2 is 1.65 bits per heavy atom. The Bertz CT molecular complexity index is 704. The van der Waals surface area contributed by atoms with Crippen LogP contribution in [0.4, 0.5) is 5.69 Å². The maximum Gasteiger partial charge on any atom is 0.119 e. The molecule has 0 fully saturated rings. The van der Waals surface area contributed by atoms with Crippen LogP contribution in [0, 0.1) is 0 Å². The maximum absolute atomic E-state index is 6.21. The molecule has 0 aromatic heterocycles. The summed E-state index contributed by atoms with van der Waals surface area (Å²) in [5.41, 5.74) is 7.04. The van der Waals surface area contributed by atoms with Crippen molar-refractivity contribution in [1.82, 2.24) is 0 Å². The van der Waals surface area contributed by atoms with E-state index in [1.165, 1.54) is 0 Å². The number of nitrogens with two attached hydrogens (primary N) is 1. The van der Waals surface area contributed by atoms with Crippen molar-refractivity contribution in [3.8, 4) is 5.75 Å². The second-order valence-electron chi connectivity index (χ2n) is 4.10. The molecule has 0 bridgehead atoms. The van der Waals surface area contributed by atoms with Gasteiger partial charge in [-0.1, -0.05) is 24.3 Å². The molecule has 0 saturated heterocycles. The van der Waals surface area contributed by atoms with Crippen molar-refractivity contribution in [3.05, 3.63) is 48.5 Å². The first kappa shape index (κ1) is 9.97. The summed E-state index contributed by atoms with van der Waals surface area (Å²) in [5, 5.41) is 4.45. The van der Waals surface area contributed by atoms with Crippen LogP contribution < -0.4 is 10.5 Å². The molecule has 0 unspecified atom stereocenters. The van der Waals surface area contributed by atoms with Gasteiger partial charge in [0.2, 0.25) is 0 Å². The molecule has 3 aromatic rings. The van der Waals surface area contributed by atoms with Gasteiger partial charge < -0.3 is 10.5 Å². The number of fused-ring (bicyclic) bond motifs is 2. The van der Waals surface area contributed by atoms with Crippen molar-refractivity contribution in [3.63, 3.8) is 0 Å². The predicted molar refractivity (Wildman–Crippen MR) is 72.4 cm³/mol. The van der Waals surface area contributed by atoms with Gasteiger partial charge in [-0.25, -0.2) is 0 Å². The van der Waals surface area contributed by atoms with Crippen molar-refractivity contribution in [2.24, 2.45) is 0 Å². The molecule has 17 heavy (non-hydrogen) atoms. The minimum Gasteiger partial charge on any atom is -0.497 e. The van der Waals surface area contributed by atoms with E-state index in [-0.39, 0.29) is 0 Å². The van der Waals surface area contributed by atoms with E-state index >= 15 is 0 Å². The largest absolute Gasteiger partial charge is 0.497 e. The van der Waals surface area contributed by atoms with Gasteiger partial charge in [-0.3, -0.25) is 0 Å². The van der Waals surface area contributed by atoms with E-state index in [2.05, 4.69) is 12.1 Å². The number of hydrogen-bond acceptors (Lipinski definition) is 2. The van der Waals surface area contributed by atoms with E-state index in [1.807, 2.05) is 36.4 Å². The zero-order valence-corrected chi connectivity index (χ0v) is 9.60. The third kappa shape index (κ3) is 1.49. The lowest BCUT2D eigenvalue weighted by atomic mass is 10.0. The van der Waals surface area contributed by atoms with Gasteiger partial charge in [-0.05, 0) is 35.0 Å². The lowest BCUT2D eigenvalue weighted by molar-refractivity contribution is 0.415. The van der Waals surface area contributed by atoms with Gasteiger partial charge in [0.15, 0.2) is 0 Å². The number of rotatable bonds is 1. The SMILES string of the molecule is COc1ccc2c(N)c3ccccc3cc2c1. The molecule has 0 heterocycles. The van der Waals surface area contributed by atoms with Crippen molar-refractivity contribution in [2.75, 3.05) is 12.8 Å². The summed E-state index contributed by atoms with van der Waals surface area (Å²) in [6.45, 7) is 0. The second kappa shape index (κ2) is 3.67. The van der Waals surface area contributed by atoms with Crippen LogP contribution in [0.5, 0.6) is 5.75 Å². The normalized spacial score (nSPS) is 10.9. The summed E-state index contributed by atoms with van der Waals surface area (Å²) in [5.74, 6) is 0.854. The molecular weight excluding hydrogens is 210 g/mol. The number of methoxy groups -OCH3 is 1. The highest BCUT2D eigenvalue weighted by Crippen LogP contribution is 2.32. The Kier molecular flexibility index (Phi) is 2.15. The molecule has 0 aliphatic heterocycles. The number of hydrogen-bond donors (Lipinski definition) is 1. The molecular formula is C15H13NO. The average Bonchev–Trinajstić information content (AvgIpc) is 2.38. The summed E-state index contributed by atoms with van der Waals surface area (Å²) in [7, 11) is 1.67. The maximum atomic E-state index is 6.21. The third-order valence-electron chi connectivity index (χ3n) is 3.11. The molecule has 0 aliphatic rings. The summed E-state index contributed by atoms with van der Waals surface area (Å²) in [4.78, 5) is 0. The topological polar surface area (TPSA) is 35.2 Å². The first-order chi connectivity index (χ1) is 8.29. The van der Waals surface area contributed by atoms with Crippen LogP contribution in [-0.2, 0) is 0 Å². The Morgan fingerprint density at radius 1 is 0.882 bits per heavy atom. The Morgan fingerprint density at radius 3 is 2.47 bits per heavy atom. The van der Waals surface area contributed by atoms with Gasteiger partial charge in [0.05, 0.1) is 7.11 Å². The fourth-order valence-corrected chi connectivity index (χ4v) is 2.21. The summed E-state index contributed by atoms with van der Waals surface area (Å²) in [6.07, 6.45) is 0. The molecule has 0 amide bonds. The number of ether oxygens (including phenoxy) is 1. The summed E-state index contributed by atoms with van der Waals surface area (Å²) < 4.78 is 5.23. The van der Waals surface area contributed by atoms with Gasteiger partial charge in [0.1, 0.15) is 5.75 Å². The minimum atomic E-state index is 0.834. The van der Waals surface area contributed by atoms with E-state index in [9.17, 15) is 0 Å². The van der Waals surface area contributed by atoms with Crippen LogP contribution >= 0.6 is 0 Å². The lowest BCUT2D eigenvalue weighted by Crippen LogP contribution is -1.90. The molecule has 0 spiro atoms. The van der Waals surface area contributed by atoms with E-state index in [0.717, 1.165) is 33.0 Å². The number of anilines is 1. The van der Waals surface area contributed by atoms with Crippen LogP contribution in [-0.4, -0.2) is 7.11 Å².